The highest BCUT2D eigenvalue weighted by molar-refractivity contribution is 7.84. The maximum atomic E-state index is 11.4. The lowest BCUT2D eigenvalue weighted by Gasteiger charge is -2.49. The highest BCUT2D eigenvalue weighted by Crippen LogP contribution is 2.60. The van der Waals surface area contributed by atoms with E-state index in [9.17, 15) is 13.6 Å². The van der Waals surface area contributed by atoms with E-state index in [1.807, 2.05) is 6.07 Å². The average Bonchev–Trinajstić information content (AvgIpc) is 2.95. The molecule has 3 aliphatic rings. The van der Waals surface area contributed by atoms with Crippen LogP contribution in [0.2, 0.25) is 0 Å². The molecule has 0 unspecified atom stereocenters. The van der Waals surface area contributed by atoms with Crippen molar-refractivity contribution in [3.8, 4) is 11.5 Å². The summed E-state index contributed by atoms with van der Waals surface area (Å²) in [7, 11) is -2.61. The van der Waals surface area contributed by atoms with E-state index < -0.39 is 10.3 Å². The minimum atomic E-state index is -4.11. The van der Waals surface area contributed by atoms with Crippen molar-refractivity contribution in [2.75, 3.05) is 7.11 Å². The SMILES string of the molecule is COc1cc2c(cc1OS(N)(=O)=O)CC[C@@H]1[C@@H]2CC[C@]2(C)/C(=N\O)CC[C@@H]12. The molecule has 0 amide bonds. The Balaban J connectivity index is 1.71. The molecule has 27 heavy (non-hydrogen) atoms. The van der Waals surface area contributed by atoms with Gasteiger partial charge in [-0.15, -0.1) is 0 Å². The molecule has 0 spiro atoms. The summed E-state index contributed by atoms with van der Waals surface area (Å²) in [4.78, 5) is 0. The second-order valence-corrected chi connectivity index (χ2v) is 9.39. The van der Waals surface area contributed by atoms with Gasteiger partial charge in [0.1, 0.15) is 0 Å². The smallest absolute Gasteiger partial charge is 0.380 e. The van der Waals surface area contributed by atoms with Crippen molar-refractivity contribution in [2.45, 2.75) is 51.4 Å². The van der Waals surface area contributed by atoms with E-state index in [4.69, 9.17) is 14.1 Å². The molecule has 4 atom stereocenters. The highest BCUT2D eigenvalue weighted by atomic mass is 32.2. The Morgan fingerprint density at radius 2 is 2.00 bits per heavy atom. The second-order valence-electron chi connectivity index (χ2n) is 8.24. The van der Waals surface area contributed by atoms with E-state index in [-0.39, 0.29) is 11.2 Å². The predicted molar refractivity (Wildman–Crippen MR) is 101 cm³/mol. The van der Waals surface area contributed by atoms with Crippen molar-refractivity contribution in [2.24, 2.45) is 27.5 Å². The van der Waals surface area contributed by atoms with E-state index >= 15 is 0 Å². The average molecular weight is 394 g/mol. The Kier molecular flexibility index (Phi) is 4.38. The van der Waals surface area contributed by atoms with Gasteiger partial charge in [0.2, 0.25) is 0 Å². The molecule has 0 aliphatic heterocycles. The number of oxime groups is 1. The van der Waals surface area contributed by atoms with E-state index in [1.165, 1.54) is 12.7 Å². The van der Waals surface area contributed by atoms with Gasteiger partial charge in [-0.05, 0) is 79.5 Å². The van der Waals surface area contributed by atoms with Gasteiger partial charge in [0, 0.05) is 5.41 Å². The summed E-state index contributed by atoms with van der Waals surface area (Å²) in [6.07, 6.45) is 5.85. The first-order valence-electron chi connectivity index (χ1n) is 9.41. The molecule has 0 radical (unpaired) electrons. The molecule has 3 N–H and O–H groups in total. The molecule has 148 valence electrons. The van der Waals surface area contributed by atoms with Crippen LogP contribution in [0.5, 0.6) is 11.5 Å². The first-order valence-corrected chi connectivity index (χ1v) is 10.9. The van der Waals surface area contributed by atoms with Crippen molar-refractivity contribution in [3.63, 3.8) is 0 Å². The number of nitrogens with two attached hydrogens (primary N) is 1. The number of benzene rings is 1. The summed E-state index contributed by atoms with van der Waals surface area (Å²) in [5.74, 6) is 1.99. The van der Waals surface area contributed by atoms with Crippen LogP contribution in [-0.2, 0) is 16.7 Å². The van der Waals surface area contributed by atoms with E-state index in [0.717, 1.165) is 49.8 Å². The van der Waals surface area contributed by atoms with Crippen molar-refractivity contribution >= 4 is 16.0 Å². The fourth-order valence-electron chi connectivity index (χ4n) is 5.88. The zero-order valence-electron chi connectivity index (χ0n) is 15.6. The van der Waals surface area contributed by atoms with Crippen LogP contribution in [0.4, 0.5) is 0 Å². The van der Waals surface area contributed by atoms with E-state index in [0.29, 0.717) is 23.5 Å². The van der Waals surface area contributed by atoms with Crippen molar-refractivity contribution in [1.29, 1.82) is 0 Å². The number of aryl methyl sites for hydroxylation is 1. The Labute approximate surface area is 159 Å². The van der Waals surface area contributed by atoms with E-state index in [1.54, 1.807) is 6.07 Å². The normalized spacial score (nSPS) is 33.9. The van der Waals surface area contributed by atoms with Crippen LogP contribution in [0, 0.1) is 17.3 Å². The van der Waals surface area contributed by atoms with Gasteiger partial charge in [-0.1, -0.05) is 12.1 Å². The van der Waals surface area contributed by atoms with Gasteiger partial charge in [-0.3, -0.25) is 0 Å². The molecule has 4 rings (SSSR count). The van der Waals surface area contributed by atoms with Gasteiger partial charge in [0.15, 0.2) is 11.5 Å². The van der Waals surface area contributed by atoms with Crippen LogP contribution >= 0.6 is 0 Å². The Bertz CT molecular complexity index is 898. The van der Waals surface area contributed by atoms with Gasteiger partial charge < -0.3 is 14.1 Å². The summed E-state index contributed by atoms with van der Waals surface area (Å²) in [5, 5.41) is 18.1. The van der Waals surface area contributed by atoms with Crippen LogP contribution in [0.15, 0.2) is 17.3 Å². The van der Waals surface area contributed by atoms with Gasteiger partial charge in [-0.2, -0.15) is 13.6 Å². The number of nitrogens with zero attached hydrogens (tertiary/aromatic N) is 1. The molecule has 0 aromatic heterocycles. The quantitative estimate of drug-likeness (QED) is 0.605. The number of fused-ring (bicyclic) bond motifs is 5. The van der Waals surface area contributed by atoms with Crippen LogP contribution in [0.1, 0.15) is 56.1 Å². The number of hydrogen-bond acceptors (Lipinski definition) is 6. The zero-order chi connectivity index (χ0) is 19.4. The highest BCUT2D eigenvalue weighted by Gasteiger charge is 2.53. The number of ether oxygens (including phenoxy) is 1. The maximum absolute atomic E-state index is 11.4. The Hall–Kier alpha value is -1.80. The third kappa shape index (κ3) is 2.99. The van der Waals surface area contributed by atoms with Crippen LogP contribution in [-0.4, -0.2) is 26.4 Å². The summed E-state index contributed by atoms with van der Waals surface area (Å²) in [6, 6.07) is 3.68. The summed E-state index contributed by atoms with van der Waals surface area (Å²) < 4.78 is 33.0. The topological polar surface area (TPSA) is 111 Å². The third-order valence-electron chi connectivity index (χ3n) is 7.08. The minimum Gasteiger partial charge on any atom is -0.493 e. The molecule has 1 aromatic rings. The van der Waals surface area contributed by atoms with Crippen molar-refractivity contribution in [1.82, 2.24) is 0 Å². The molecule has 7 nitrogen and oxygen atoms in total. The predicted octanol–water partition coefficient (Wildman–Crippen LogP) is 2.96. The number of rotatable bonds is 3. The molecule has 3 aliphatic carbocycles. The monoisotopic (exact) mass is 394 g/mol. The molecule has 0 heterocycles. The molecular formula is C19H26N2O5S. The zero-order valence-corrected chi connectivity index (χ0v) is 16.5. The molecular weight excluding hydrogens is 368 g/mol. The maximum Gasteiger partial charge on any atom is 0.380 e. The van der Waals surface area contributed by atoms with Crippen molar-refractivity contribution in [3.05, 3.63) is 23.3 Å². The molecule has 2 fully saturated rings. The van der Waals surface area contributed by atoms with Crippen LogP contribution < -0.4 is 14.1 Å². The fraction of sp³-hybridized carbons (Fsp3) is 0.632. The van der Waals surface area contributed by atoms with E-state index in [2.05, 4.69) is 12.1 Å². The Morgan fingerprint density at radius 1 is 1.22 bits per heavy atom. The van der Waals surface area contributed by atoms with Gasteiger partial charge in [-0.25, -0.2) is 0 Å². The van der Waals surface area contributed by atoms with Crippen LogP contribution in [0.3, 0.4) is 0 Å². The van der Waals surface area contributed by atoms with Crippen LogP contribution in [0.25, 0.3) is 0 Å². The van der Waals surface area contributed by atoms with Gasteiger partial charge in [0.25, 0.3) is 0 Å². The largest absolute Gasteiger partial charge is 0.493 e. The lowest BCUT2D eigenvalue weighted by Crippen LogP contribution is -2.42. The lowest BCUT2D eigenvalue weighted by molar-refractivity contribution is 0.0937. The second kappa shape index (κ2) is 6.38. The summed E-state index contributed by atoms with van der Waals surface area (Å²) >= 11 is 0. The molecule has 8 heteroatoms. The first-order chi connectivity index (χ1) is 12.8. The fourth-order valence-corrected chi connectivity index (χ4v) is 6.26. The molecule has 1 aromatic carbocycles. The van der Waals surface area contributed by atoms with Gasteiger partial charge >= 0.3 is 10.3 Å². The number of hydrogen-bond donors (Lipinski definition) is 2. The number of methoxy groups -OCH3 is 1. The molecule has 0 saturated heterocycles. The molecule has 2 saturated carbocycles. The molecule has 0 bridgehead atoms. The first kappa shape index (κ1) is 18.6. The summed E-state index contributed by atoms with van der Waals surface area (Å²) in [6.45, 7) is 2.25. The Morgan fingerprint density at radius 3 is 2.67 bits per heavy atom. The third-order valence-corrected chi connectivity index (χ3v) is 7.49. The summed E-state index contributed by atoms with van der Waals surface area (Å²) in [5.41, 5.74) is 3.27. The van der Waals surface area contributed by atoms with Crippen molar-refractivity contribution < 1.29 is 22.5 Å². The minimum absolute atomic E-state index is 0.00577. The standard InChI is InChI=1S/C19H26N2O5S/c1-19-8-7-12-13(15(19)5-6-18(19)21-22)4-3-11-9-17(26-27(20,23)24)16(25-2)10-14(11)12/h9-10,12-13,15,22H,3-8H2,1-2H3,(H2,20,23,24)/b21-18-/t12-,13+,15-,19-/m0/s1. The lowest BCUT2D eigenvalue weighted by atomic mass is 9.55. The van der Waals surface area contributed by atoms with Gasteiger partial charge in [0.05, 0.1) is 12.8 Å².